The number of anilines is 3. The second-order valence-corrected chi connectivity index (χ2v) is 15.8. The van der Waals surface area contributed by atoms with Crippen LogP contribution in [0.1, 0.15) is 25.0 Å². The maximum atomic E-state index is 2.44. The molecule has 57 heavy (non-hydrogen) atoms. The first-order chi connectivity index (χ1) is 28.0. The zero-order chi connectivity index (χ0) is 38.1. The summed E-state index contributed by atoms with van der Waals surface area (Å²) < 4.78 is 2.44. The molecule has 9 aromatic carbocycles. The van der Waals surface area contributed by atoms with Crippen LogP contribution in [0.15, 0.2) is 206 Å². The Morgan fingerprint density at radius 1 is 0.368 bits per heavy atom. The highest BCUT2D eigenvalue weighted by molar-refractivity contribution is 6.11. The van der Waals surface area contributed by atoms with Crippen LogP contribution in [0.3, 0.4) is 0 Å². The third-order valence-corrected chi connectivity index (χ3v) is 12.2. The summed E-state index contributed by atoms with van der Waals surface area (Å²) in [6.07, 6.45) is 0. The molecule has 0 spiro atoms. The molecule has 0 unspecified atom stereocenters. The first-order valence-corrected chi connectivity index (χ1v) is 19.8. The number of rotatable bonds is 6. The zero-order valence-electron chi connectivity index (χ0n) is 32.0. The Labute approximate surface area is 333 Å². The molecular formula is C55H40N2. The molecule has 1 aromatic heterocycles. The van der Waals surface area contributed by atoms with Crippen molar-refractivity contribution in [3.63, 3.8) is 0 Å². The molecule has 270 valence electrons. The van der Waals surface area contributed by atoms with Gasteiger partial charge in [0.1, 0.15) is 0 Å². The Kier molecular flexibility index (Phi) is 7.55. The Hall–Kier alpha value is -7.16. The monoisotopic (exact) mass is 728 g/mol. The standard InChI is InChI=1S/C55H40N2/c1-55(2)50-21-11-8-19-46(50)47-32-31-44(36-51(47)55)56(42-16-4-3-5-17-42)43-29-26-38(27-30-43)45-18-9-12-22-52(45)57-53-23-13-10-20-48(53)49-35-41(28-33-54(49)57)40-25-24-37-14-6-7-15-39(37)34-40/h3-36H,1-2H3. The van der Waals surface area contributed by atoms with Crippen LogP contribution < -0.4 is 4.90 Å². The van der Waals surface area contributed by atoms with Gasteiger partial charge in [0.05, 0.1) is 16.7 Å². The van der Waals surface area contributed by atoms with Gasteiger partial charge in [-0.1, -0.05) is 153 Å². The van der Waals surface area contributed by atoms with Crippen LogP contribution in [0.4, 0.5) is 17.1 Å². The highest BCUT2D eigenvalue weighted by Crippen LogP contribution is 2.50. The summed E-state index contributed by atoms with van der Waals surface area (Å²) in [6.45, 7) is 4.70. The summed E-state index contributed by atoms with van der Waals surface area (Å²) in [5.41, 5.74) is 17.1. The lowest BCUT2D eigenvalue weighted by molar-refractivity contribution is 0.660. The molecule has 0 amide bonds. The Morgan fingerprint density at radius 3 is 1.82 bits per heavy atom. The number of nitrogens with zero attached hydrogens (tertiary/aromatic N) is 2. The Balaban J connectivity index is 1.01. The topological polar surface area (TPSA) is 8.17 Å². The van der Waals surface area contributed by atoms with Crippen molar-refractivity contribution in [1.29, 1.82) is 0 Å². The third-order valence-electron chi connectivity index (χ3n) is 12.2. The lowest BCUT2D eigenvalue weighted by Crippen LogP contribution is -2.16. The minimum Gasteiger partial charge on any atom is -0.310 e. The van der Waals surface area contributed by atoms with Crippen LogP contribution in [0.25, 0.3) is 71.6 Å². The van der Waals surface area contributed by atoms with Gasteiger partial charge in [0.25, 0.3) is 0 Å². The zero-order valence-corrected chi connectivity index (χ0v) is 32.0. The number of hydrogen-bond donors (Lipinski definition) is 0. The van der Waals surface area contributed by atoms with E-state index >= 15 is 0 Å². The maximum absolute atomic E-state index is 2.44. The van der Waals surface area contributed by atoms with Crippen molar-refractivity contribution >= 4 is 49.6 Å². The van der Waals surface area contributed by atoms with E-state index in [0.717, 1.165) is 22.7 Å². The van der Waals surface area contributed by atoms with Gasteiger partial charge in [0.2, 0.25) is 0 Å². The van der Waals surface area contributed by atoms with E-state index in [1.165, 1.54) is 77.1 Å². The van der Waals surface area contributed by atoms with Crippen molar-refractivity contribution in [2.24, 2.45) is 0 Å². The van der Waals surface area contributed by atoms with E-state index in [0.29, 0.717) is 0 Å². The summed E-state index contributed by atoms with van der Waals surface area (Å²) in [4.78, 5) is 2.38. The summed E-state index contributed by atoms with van der Waals surface area (Å²) in [5, 5.41) is 5.02. The van der Waals surface area contributed by atoms with E-state index in [4.69, 9.17) is 0 Å². The first kappa shape index (κ1) is 33.2. The second-order valence-electron chi connectivity index (χ2n) is 15.8. The molecule has 1 heterocycles. The van der Waals surface area contributed by atoms with Gasteiger partial charge in [-0.15, -0.1) is 0 Å². The fourth-order valence-electron chi connectivity index (χ4n) is 9.34. The Bertz CT molecular complexity index is 3150. The second kappa shape index (κ2) is 13.0. The van der Waals surface area contributed by atoms with Crippen LogP contribution in [-0.4, -0.2) is 4.57 Å². The van der Waals surface area contributed by atoms with Gasteiger partial charge in [0.15, 0.2) is 0 Å². The molecule has 0 saturated carbocycles. The van der Waals surface area contributed by atoms with Crippen molar-refractivity contribution in [2.75, 3.05) is 4.90 Å². The molecule has 2 heteroatoms. The van der Waals surface area contributed by atoms with Gasteiger partial charge in [-0.25, -0.2) is 0 Å². The van der Waals surface area contributed by atoms with Crippen molar-refractivity contribution in [2.45, 2.75) is 19.3 Å². The van der Waals surface area contributed by atoms with Crippen LogP contribution in [0.5, 0.6) is 0 Å². The number of para-hydroxylation sites is 3. The molecule has 10 aromatic rings. The van der Waals surface area contributed by atoms with Gasteiger partial charge in [-0.2, -0.15) is 0 Å². The van der Waals surface area contributed by atoms with Crippen LogP contribution in [-0.2, 0) is 5.41 Å². The van der Waals surface area contributed by atoms with Crippen molar-refractivity contribution in [3.05, 3.63) is 217 Å². The van der Waals surface area contributed by atoms with Gasteiger partial charge >= 0.3 is 0 Å². The SMILES string of the molecule is CC1(C)c2ccccc2-c2ccc(N(c3ccccc3)c3ccc(-c4ccccc4-n4c5ccccc5c5cc(-c6ccc7ccccc7c6)ccc54)cc3)cc21. The molecule has 0 bridgehead atoms. The van der Waals surface area contributed by atoms with Crippen LogP contribution in [0.2, 0.25) is 0 Å². The lowest BCUT2D eigenvalue weighted by Gasteiger charge is -2.28. The predicted octanol–water partition coefficient (Wildman–Crippen LogP) is 15.0. The quantitative estimate of drug-likeness (QED) is 0.165. The number of aromatic nitrogens is 1. The minimum atomic E-state index is -0.0807. The van der Waals surface area contributed by atoms with Crippen LogP contribution in [0, 0.1) is 0 Å². The molecule has 0 radical (unpaired) electrons. The molecule has 1 aliphatic rings. The van der Waals surface area contributed by atoms with Gasteiger partial charge in [-0.3, -0.25) is 0 Å². The van der Waals surface area contributed by atoms with Crippen molar-refractivity contribution in [3.8, 4) is 39.1 Å². The van der Waals surface area contributed by atoms with E-state index in [9.17, 15) is 0 Å². The molecule has 0 aliphatic heterocycles. The van der Waals surface area contributed by atoms with Gasteiger partial charge < -0.3 is 9.47 Å². The lowest BCUT2D eigenvalue weighted by atomic mass is 9.82. The maximum Gasteiger partial charge on any atom is 0.0541 e. The molecule has 1 aliphatic carbocycles. The molecule has 0 saturated heterocycles. The highest BCUT2D eigenvalue weighted by Gasteiger charge is 2.35. The summed E-state index contributed by atoms with van der Waals surface area (Å²) in [5.74, 6) is 0. The van der Waals surface area contributed by atoms with E-state index in [2.05, 4.69) is 230 Å². The summed E-state index contributed by atoms with van der Waals surface area (Å²) >= 11 is 0. The normalized spacial score (nSPS) is 12.9. The first-order valence-electron chi connectivity index (χ1n) is 19.8. The molecular weight excluding hydrogens is 689 g/mol. The van der Waals surface area contributed by atoms with E-state index in [1.807, 2.05) is 0 Å². The average molecular weight is 729 g/mol. The van der Waals surface area contributed by atoms with Gasteiger partial charge in [-0.05, 0) is 116 Å². The molecule has 2 nitrogen and oxygen atoms in total. The van der Waals surface area contributed by atoms with E-state index < -0.39 is 0 Å². The van der Waals surface area contributed by atoms with Gasteiger partial charge in [0, 0.05) is 38.8 Å². The van der Waals surface area contributed by atoms with E-state index in [1.54, 1.807) is 0 Å². The van der Waals surface area contributed by atoms with Crippen molar-refractivity contribution in [1.82, 2.24) is 4.57 Å². The van der Waals surface area contributed by atoms with E-state index in [-0.39, 0.29) is 5.41 Å². The minimum absolute atomic E-state index is 0.0807. The third kappa shape index (κ3) is 5.33. The highest BCUT2D eigenvalue weighted by atomic mass is 15.1. The summed E-state index contributed by atoms with van der Waals surface area (Å²) in [6, 6.07) is 75.6. The summed E-state index contributed by atoms with van der Waals surface area (Å²) in [7, 11) is 0. The molecule has 0 fully saturated rings. The Morgan fingerprint density at radius 2 is 0.965 bits per heavy atom. The molecule has 11 rings (SSSR count). The number of fused-ring (bicyclic) bond motifs is 7. The number of benzene rings is 9. The molecule has 0 atom stereocenters. The molecule has 0 N–H and O–H groups in total. The van der Waals surface area contributed by atoms with Crippen LogP contribution >= 0.6 is 0 Å². The predicted molar refractivity (Wildman–Crippen MR) is 241 cm³/mol. The smallest absolute Gasteiger partial charge is 0.0541 e. The largest absolute Gasteiger partial charge is 0.310 e. The fraction of sp³-hybridized carbons (Fsp3) is 0.0545. The fourth-order valence-corrected chi connectivity index (χ4v) is 9.34. The van der Waals surface area contributed by atoms with Crippen molar-refractivity contribution < 1.29 is 0 Å². The average Bonchev–Trinajstić information content (AvgIpc) is 3.72. The number of hydrogen-bond acceptors (Lipinski definition) is 1.